The molecule has 1 aliphatic rings. The molecule has 26 nitrogen and oxygen atoms in total. The van der Waals surface area contributed by atoms with Crippen LogP contribution in [0.25, 0.3) is 11.2 Å². The van der Waals surface area contributed by atoms with Gasteiger partial charge < -0.3 is 62.4 Å². The maximum Gasteiger partial charge on any atom is 0.481 e. The summed E-state index contributed by atoms with van der Waals surface area (Å²) >= 11 is 1.02. The highest BCUT2D eigenvalue weighted by Crippen LogP contribution is 2.61. The number of ether oxygens (including phenoxy) is 1. The molecule has 2 aromatic heterocycles. The molecule has 3 unspecified atom stereocenters. The highest BCUT2D eigenvalue weighted by molar-refractivity contribution is 8.13. The van der Waals surface area contributed by atoms with Crippen LogP contribution in [0.2, 0.25) is 0 Å². The Morgan fingerprint density at radius 1 is 1.07 bits per heavy atom. The Bertz CT molecular complexity index is 1840. The van der Waals surface area contributed by atoms with Crippen molar-refractivity contribution in [2.24, 2.45) is 16.9 Å². The van der Waals surface area contributed by atoms with Crippen LogP contribution in [0.4, 0.5) is 5.82 Å². The Morgan fingerprint density at radius 2 is 1.75 bits per heavy atom. The maximum absolute atomic E-state index is 12.7. The highest BCUT2D eigenvalue weighted by Gasteiger charge is 2.50. The minimum Gasteiger partial charge on any atom is -0.386 e. The lowest BCUT2D eigenvalue weighted by molar-refractivity contribution is -0.137. The van der Waals surface area contributed by atoms with Crippen molar-refractivity contribution in [2.75, 3.05) is 44.3 Å². The van der Waals surface area contributed by atoms with E-state index in [0.717, 1.165) is 29.0 Å². The van der Waals surface area contributed by atoms with E-state index in [9.17, 15) is 57.9 Å². The molecule has 0 radical (unpaired) electrons. The number of nitrogens with zero attached hydrogens (tertiary/aromatic N) is 4. The van der Waals surface area contributed by atoms with E-state index in [1.54, 1.807) is 0 Å². The normalized spacial score (nSPS) is 22.1. The Hall–Kier alpha value is -2.52. The van der Waals surface area contributed by atoms with Gasteiger partial charge in [-0.05, 0) is 19.4 Å². The van der Waals surface area contributed by atoms with Crippen LogP contribution >= 0.6 is 35.2 Å². The van der Waals surface area contributed by atoms with Gasteiger partial charge in [-0.3, -0.25) is 32.5 Å². The summed E-state index contributed by atoms with van der Waals surface area (Å²) in [5.74, 6) is -1.19. The van der Waals surface area contributed by atoms with Crippen molar-refractivity contribution in [3.8, 4) is 0 Å². The third-order valence-electron chi connectivity index (χ3n) is 7.97. The molecule has 1 fully saturated rings. The summed E-state index contributed by atoms with van der Waals surface area (Å²) in [4.78, 5) is 87.6. The first kappa shape index (κ1) is 48.8. The summed E-state index contributed by atoms with van der Waals surface area (Å²) in [6.07, 6.45) is -5.45. The second kappa shape index (κ2) is 21.1. The van der Waals surface area contributed by atoms with Gasteiger partial charge in [0.2, 0.25) is 11.8 Å². The molecule has 2 amide bonds. The van der Waals surface area contributed by atoms with Crippen molar-refractivity contribution < 1.29 is 80.5 Å². The number of phosphoric ester groups is 3. The number of hydrogen-bond acceptors (Lipinski definition) is 20. The molecule has 57 heavy (non-hydrogen) atoms. The van der Waals surface area contributed by atoms with E-state index in [2.05, 4.69) is 34.4 Å². The number of fused-ring (bicyclic) bond motifs is 1. The fourth-order valence-corrected chi connectivity index (χ4v) is 8.64. The topological polar surface area (TPSA) is 416 Å². The zero-order valence-electron chi connectivity index (χ0n) is 30.6. The number of thioether (sulfide) groups is 1. The van der Waals surface area contributed by atoms with Gasteiger partial charge in [0.15, 0.2) is 22.8 Å². The van der Waals surface area contributed by atoms with Gasteiger partial charge in [0.05, 0.1) is 19.5 Å². The predicted octanol–water partition coefficient (Wildman–Crippen LogP) is -1.88. The Labute approximate surface area is 329 Å². The molecule has 0 aliphatic carbocycles. The SMILES string of the molecule is CC(C)(COP(=O)(O)OP(=O)(O)OC[C@H]1O[C@@H](n2cnc3c(N)ncnc32)[C@H](O)[C@@H]1OP(=O)(O)O)[C@@H](O)C(=O)NCCC(=O)NCCSC(=O)CC(N)CCCN. The standard InChI is InChI=1S/C27H48N9O17P3S/c1-27(2,22(40)25(41)32-7-5-17(37)31-8-9-57-18(38)10-15(29)4-3-6-28)12-50-56(47,48)53-55(45,46)49-11-16-21(52-54(42,43)44)20(39)26(51-16)36-14-35-19-23(30)33-13-34-24(19)36/h13-16,20-22,26,39-40H,3-12,28-29H2,1-2H3,(H,31,37)(H,32,41)(H,45,46)(H,47,48)(H2,30,33,34)(H2,42,43,44)/t15?,16-,20-,21-,22+,26-/m1/s1. The lowest BCUT2D eigenvalue weighted by Crippen LogP contribution is -2.46. The van der Waals surface area contributed by atoms with Crippen LogP contribution < -0.4 is 27.8 Å². The fraction of sp³-hybridized carbons (Fsp3) is 0.704. The molecule has 30 heteroatoms. The molecule has 1 aliphatic heterocycles. The number of amides is 2. The average molecular weight is 896 g/mol. The Kier molecular flexibility index (Phi) is 18.1. The summed E-state index contributed by atoms with van der Waals surface area (Å²) in [6, 6.07) is -0.290. The summed E-state index contributed by atoms with van der Waals surface area (Å²) in [5, 5.41) is 26.2. The van der Waals surface area contributed by atoms with E-state index >= 15 is 0 Å². The number of aromatic nitrogens is 4. The molecule has 0 spiro atoms. The van der Waals surface area contributed by atoms with E-state index < -0.39 is 84.6 Å². The van der Waals surface area contributed by atoms with Gasteiger partial charge in [-0.1, -0.05) is 25.6 Å². The van der Waals surface area contributed by atoms with E-state index in [1.165, 1.54) is 13.8 Å². The van der Waals surface area contributed by atoms with Gasteiger partial charge in [0, 0.05) is 43.1 Å². The zero-order chi connectivity index (χ0) is 42.8. The van der Waals surface area contributed by atoms with Crippen LogP contribution in [0.5, 0.6) is 0 Å². The third-order valence-corrected chi connectivity index (χ3v) is 12.0. The van der Waals surface area contributed by atoms with E-state index in [1.807, 2.05) is 0 Å². The first-order valence-electron chi connectivity index (χ1n) is 17.0. The number of imidazole rings is 1. The maximum atomic E-state index is 12.7. The third kappa shape index (κ3) is 15.5. The number of aliphatic hydroxyl groups excluding tert-OH is 2. The Balaban J connectivity index is 1.46. The molecular formula is C27H48N9O17P3S. The second-order valence-electron chi connectivity index (χ2n) is 13.2. The van der Waals surface area contributed by atoms with Gasteiger partial charge in [-0.25, -0.2) is 28.6 Å². The van der Waals surface area contributed by atoms with Crippen LogP contribution in [0.15, 0.2) is 12.7 Å². The first-order chi connectivity index (χ1) is 26.4. The molecule has 1 saturated heterocycles. The summed E-state index contributed by atoms with van der Waals surface area (Å²) in [5.41, 5.74) is 15.5. The predicted molar refractivity (Wildman–Crippen MR) is 198 cm³/mol. The Morgan fingerprint density at radius 3 is 2.42 bits per heavy atom. The van der Waals surface area contributed by atoms with Crippen molar-refractivity contribution in [1.82, 2.24) is 30.2 Å². The number of carbonyl (C=O) groups excluding carboxylic acids is 3. The monoisotopic (exact) mass is 895 g/mol. The molecular weight excluding hydrogens is 847 g/mol. The van der Waals surface area contributed by atoms with Gasteiger partial charge in [0.25, 0.3) is 0 Å². The van der Waals surface area contributed by atoms with Crippen LogP contribution in [-0.4, -0.2) is 135 Å². The largest absolute Gasteiger partial charge is 0.481 e. The first-order valence-corrected chi connectivity index (χ1v) is 22.5. The molecule has 14 N–H and O–H groups in total. The van der Waals surface area contributed by atoms with Crippen LogP contribution in [0, 0.1) is 5.41 Å². The molecule has 0 aromatic carbocycles. The van der Waals surface area contributed by atoms with Crippen molar-refractivity contribution in [3.05, 3.63) is 12.7 Å². The zero-order valence-corrected chi connectivity index (χ0v) is 34.1. The number of rotatable bonds is 24. The highest BCUT2D eigenvalue weighted by atomic mass is 32.2. The minimum atomic E-state index is -5.58. The fourth-order valence-electron chi connectivity index (χ4n) is 5.05. The smallest absolute Gasteiger partial charge is 0.386 e. The number of anilines is 1. The minimum absolute atomic E-state index is 0.0271. The number of nitrogen functional groups attached to an aromatic ring is 1. The van der Waals surface area contributed by atoms with Crippen molar-refractivity contribution in [2.45, 2.75) is 76.2 Å². The quantitative estimate of drug-likeness (QED) is 0.0406. The molecule has 3 rings (SSSR count). The van der Waals surface area contributed by atoms with Crippen LogP contribution in [0.1, 0.15) is 45.8 Å². The summed E-state index contributed by atoms with van der Waals surface area (Å²) in [6.45, 7) is 0.894. The van der Waals surface area contributed by atoms with E-state index in [-0.39, 0.29) is 54.1 Å². The lowest BCUT2D eigenvalue weighted by Gasteiger charge is -2.30. The number of aliphatic hydroxyl groups is 2. The number of carbonyl (C=O) groups is 3. The van der Waals surface area contributed by atoms with Crippen molar-refractivity contribution in [1.29, 1.82) is 0 Å². The molecule has 324 valence electrons. The van der Waals surface area contributed by atoms with Gasteiger partial charge in [-0.2, -0.15) is 4.31 Å². The van der Waals surface area contributed by atoms with Gasteiger partial charge >= 0.3 is 23.5 Å². The van der Waals surface area contributed by atoms with Crippen molar-refractivity contribution in [3.63, 3.8) is 0 Å². The average Bonchev–Trinajstić information content (AvgIpc) is 3.67. The van der Waals surface area contributed by atoms with Gasteiger partial charge in [0.1, 0.15) is 36.3 Å². The van der Waals surface area contributed by atoms with Crippen LogP contribution in [-0.2, 0) is 50.7 Å². The summed E-state index contributed by atoms with van der Waals surface area (Å²) in [7, 11) is -16.4. The summed E-state index contributed by atoms with van der Waals surface area (Å²) < 4.78 is 62.1. The van der Waals surface area contributed by atoms with Crippen LogP contribution in [0.3, 0.4) is 0 Å². The lowest BCUT2D eigenvalue weighted by atomic mass is 9.87. The van der Waals surface area contributed by atoms with E-state index in [0.29, 0.717) is 25.1 Å². The number of phosphoric acid groups is 3. The molecule has 3 heterocycles. The van der Waals surface area contributed by atoms with E-state index in [4.69, 9.17) is 31.0 Å². The molecule has 0 bridgehead atoms. The molecule has 8 atom stereocenters. The molecule has 0 saturated carbocycles. The number of nitrogens with one attached hydrogen (secondary N) is 2. The second-order valence-corrected chi connectivity index (χ2v) is 18.6. The van der Waals surface area contributed by atoms with Crippen molar-refractivity contribution >= 4 is 69.1 Å². The number of hydrogen-bond donors (Lipinski definition) is 11. The van der Waals surface area contributed by atoms with Gasteiger partial charge in [-0.15, -0.1) is 0 Å². The number of nitrogens with two attached hydrogens (primary N) is 3. The molecule has 2 aromatic rings.